The van der Waals surface area contributed by atoms with Gasteiger partial charge in [0.05, 0.1) is 6.04 Å². The minimum atomic E-state index is -0.0928. The van der Waals surface area contributed by atoms with E-state index in [1.807, 2.05) is 0 Å². The zero-order valence-electron chi connectivity index (χ0n) is 14.0. The van der Waals surface area contributed by atoms with Gasteiger partial charge in [0.25, 0.3) is 0 Å². The minimum absolute atomic E-state index is 0.0928. The van der Waals surface area contributed by atoms with E-state index >= 15 is 0 Å². The lowest BCUT2D eigenvalue weighted by Crippen LogP contribution is -2.52. The Morgan fingerprint density at radius 2 is 2.10 bits per heavy atom. The van der Waals surface area contributed by atoms with Crippen LogP contribution in [0.1, 0.15) is 53.4 Å². The molecule has 5 heteroatoms. The van der Waals surface area contributed by atoms with Crippen LogP contribution in [0.15, 0.2) is 0 Å². The largest absolute Gasteiger partial charge is 0.353 e. The summed E-state index contributed by atoms with van der Waals surface area (Å²) in [5.41, 5.74) is 0. The zero-order valence-corrected chi connectivity index (χ0v) is 14.9. The zero-order chi connectivity index (χ0) is 15.8. The fourth-order valence-electron chi connectivity index (χ4n) is 2.84. The Hall–Kier alpha value is -0.260. The van der Waals surface area contributed by atoms with Crippen LogP contribution in [0.2, 0.25) is 0 Å². The summed E-state index contributed by atoms with van der Waals surface area (Å²) in [4.78, 5) is 12.5. The Balaban J connectivity index is 2.46. The third-order valence-electron chi connectivity index (χ3n) is 4.40. The van der Waals surface area contributed by atoms with Gasteiger partial charge in [-0.15, -0.1) is 0 Å². The lowest BCUT2D eigenvalue weighted by Gasteiger charge is -2.27. The van der Waals surface area contributed by atoms with Gasteiger partial charge >= 0.3 is 0 Å². The molecule has 1 aliphatic heterocycles. The van der Waals surface area contributed by atoms with Crippen LogP contribution in [0.4, 0.5) is 0 Å². The number of thiol groups is 1. The quantitative estimate of drug-likeness (QED) is 0.492. The molecule has 21 heavy (non-hydrogen) atoms. The Bertz CT molecular complexity index is 314. The van der Waals surface area contributed by atoms with Crippen molar-refractivity contribution in [1.29, 1.82) is 0 Å². The first-order chi connectivity index (χ1) is 9.97. The molecule has 1 aliphatic rings. The van der Waals surface area contributed by atoms with E-state index in [0.717, 1.165) is 32.2 Å². The van der Waals surface area contributed by atoms with Gasteiger partial charge < -0.3 is 16.0 Å². The van der Waals surface area contributed by atoms with Gasteiger partial charge in [-0.1, -0.05) is 33.6 Å². The fraction of sp³-hybridized carbons (Fsp3) is 0.938. The lowest BCUT2D eigenvalue weighted by molar-refractivity contribution is -0.124. The van der Waals surface area contributed by atoms with Crippen molar-refractivity contribution in [2.75, 3.05) is 13.1 Å². The normalized spacial score (nSPS) is 26.3. The molecule has 1 fully saturated rings. The van der Waals surface area contributed by atoms with Gasteiger partial charge in [0, 0.05) is 30.4 Å². The summed E-state index contributed by atoms with van der Waals surface area (Å²) in [6.45, 7) is 10.3. The number of rotatable bonds is 9. The minimum Gasteiger partial charge on any atom is -0.353 e. The van der Waals surface area contributed by atoms with Crippen LogP contribution in [-0.4, -0.2) is 42.4 Å². The van der Waals surface area contributed by atoms with Gasteiger partial charge in [-0.3, -0.25) is 4.79 Å². The van der Waals surface area contributed by atoms with Crippen LogP contribution >= 0.6 is 12.6 Å². The highest BCUT2D eigenvalue weighted by Gasteiger charge is 2.27. The van der Waals surface area contributed by atoms with Crippen molar-refractivity contribution in [3.8, 4) is 0 Å². The standard InChI is InChI=1S/C16H33N3OS/c1-5-7-12(4)19-15(11(3)6-2)16(20)18-9-13-8-14(21)10-17-13/h11-15,17,19,21H,5-10H2,1-4H3,(H,18,20)/t11-,12?,13?,14?,15-/m0/s1. The lowest BCUT2D eigenvalue weighted by atomic mass is 9.97. The van der Waals surface area contributed by atoms with Crippen molar-refractivity contribution in [2.24, 2.45) is 5.92 Å². The second-order valence-corrected chi connectivity index (χ2v) is 7.19. The second-order valence-electron chi connectivity index (χ2n) is 6.46. The average Bonchev–Trinajstić information content (AvgIpc) is 2.87. The summed E-state index contributed by atoms with van der Waals surface area (Å²) >= 11 is 4.47. The summed E-state index contributed by atoms with van der Waals surface area (Å²) < 4.78 is 0. The summed E-state index contributed by atoms with van der Waals surface area (Å²) in [5.74, 6) is 0.482. The van der Waals surface area contributed by atoms with Gasteiger partial charge in [-0.2, -0.15) is 12.6 Å². The van der Waals surface area contributed by atoms with E-state index in [1.54, 1.807) is 0 Å². The number of carbonyl (C=O) groups is 1. The van der Waals surface area contributed by atoms with Crippen molar-refractivity contribution < 1.29 is 4.79 Å². The highest BCUT2D eigenvalue weighted by molar-refractivity contribution is 7.81. The van der Waals surface area contributed by atoms with Crippen LogP contribution in [0.3, 0.4) is 0 Å². The topological polar surface area (TPSA) is 53.2 Å². The summed E-state index contributed by atoms with van der Waals surface area (Å²) in [6, 6.07) is 0.651. The molecule has 0 saturated carbocycles. The molecular formula is C16H33N3OS. The second kappa shape index (κ2) is 9.70. The maximum Gasteiger partial charge on any atom is 0.237 e. The number of nitrogens with one attached hydrogen (secondary N) is 3. The molecule has 0 spiro atoms. The Labute approximate surface area is 135 Å². The molecule has 0 aliphatic carbocycles. The van der Waals surface area contributed by atoms with Gasteiger partial charge in [0.2, 0.25) is 5.91 Å². The first-order valence-corrected chi connectivity index (χ1v) is 8.94. The summed E-state index contributed by atoms with van der Waals surface area (Å²) in [6.07, 6.45) is 4.27. The molecule has 3 N–H and O–H groups in total. The van der Waals surface area contributed by atoms with Gasteiger partial charge in [-0.25, -0.2) is 0 Å². The predicted molar refractivity (Wildman–Crippen MR) is 92.9 cm³/mol. The Morgan fingerprint density at radius 1 is 1.38 bits per heavy atom. The third-order valence-corrected chi connectivity index (χ3v) is 4.80. The highest BCUT2D eigenvalue weighted by atomic mass is 32.1. The molecule has 0 bridgehead atoms. The molecule has 0 radical (unpaired) electrons. The molecule has 0 aromatic heterocycles. The van der Waals surface area contributed by atoms with E-state index in [2.05, 4.69) is 56.3 Å². The molecule has 4 nitrogen and oxygen atoms in total. The fourth-order valence-corrected chi connectivity index (χ4v) is 3.20. The highest BCUT2D eigenvalue weighted by Crippen LogP contribution is 2.13. The molecule has 1 amide bonds. The van der Waals surface area contributed by atoms with Gasteiger partial charge in [-0.05, 0) is 25.7 Å². The first kappa shape index (κ1) is 18.8. The number of amides is 1. The Kier molecular flexibility index (Phi) is 8.67. The smallest absolute Gasteiger partial charge is 0.237 e. The average molecular weight is 316 g/mol. The molecule has 3 unspecified atom stereocenters. The third kappa shape index (κ3) is 6.57. The van der Waals surface area contributed by atoms with Crippen LogP contribution in [-0.2, 0) is 4.79 Å². The predicted octanol–water partition coefficient (Wildman–Crippen LogP) is 1.96. The van der Waals surface area contributed by atoms with Gasteiger partial charge in [0.1, 0.15) is 0 Å². The molecule has 1 heterocycles. The summed E-state index contributed by atoms with van der Waals surface area (Å²) in [5, 5.41) is 10.4. The van der Waals surface area contributed by atoms with E-state index in [0.29, 0.717) is 29.8 Å². The van der Waals surface area contributed by atoms with Crippen LogP contribution in [0.25, 0.3) is 0 Å². The maximum absolute atomic E-state index is 12.5. The monoisotopic (exact) mass is 315 g/mol. The molecule has 1 rings (SSSR count). The number of carbonyl (C=O) groups excluding carboxylic acids is 1. The van der Waals surface area contributed by atoms with E-state index < -0.39 is 0 Å². The van der Waals surface area contributed by atoms with E-state index in [1.165, 1.54) is 0 Å². The SMILES string of the molecule is CCCC(C)N[C@H](C(=O)NCC1CC(S)CN1)[C@@H](C)CC. The van der Waals surface area contributed by atoms with Gasteiger partial charge in [0.15, 0.2) is 0 Å². The van der Waals surface area contributed by atoms with Crippen molar-refractivity contribution >= 4 is 18.5 Å². The van der Waals surface area contributed by atoms with Crippen molar-refractivity contribution in [3.63, 3.8) is 0 Å². The first-order valence-electron chi connectivity index (χ1n) is 8.43. The van der Waals surface area contributed by atoms with E-state index in [9.17, 15) is 4.79 Å². The van der Waals surface area contributed by atoms with Crippen LogP contribution in [0.5, 0.6) is 0 Å². The molecule has 0 aromatic rings. The van der Waals surface area contributed by atoms with Crippen LogP contribution < -0.4 is 16.0 Å². The number of hydrogen-bond acceptors (Lipinski definition) is 4. The molecule has 124 valence electrons. The van der Waals surface area contributed by atoms with E-state index in [-0.39, 0.29) is 11.9 Å². The Morgan fingerprint density at radius 3 is 2.62 bits per heavy atom. The maximum atomic E-state index is 12.5. The summed E-state index contributed by atoms with van der Waals surface area (Å²) in [7, 11) is 0. The van der Waals surface area contributed by atoms with Crippen molar-refractivity contribution in [3.05, 3.63) is 0 Å². The van der Waals surface area contributed by atoms with E-state index in [4.69, 9.17) is 0 Å². The number of hydrogen-bond donors (Lipinski definition) is 4. The molecule has 5 atom stereocenters. The van der Waals surface area contributed by atoms with Crippen molar-refractivity contribution in [1.82, 2.24) is 16.0 Å². The molecule has 1 saturated heterocycles. The molecule has 0 aromatic carbocycles. The molecular weight excluding hydrogens is 282 g/mol. The van der Waals surface area contributed by atoms with Crippen LogP contribution in [0, 0.1) is 5.92 Å². The van der Waals surface area contributed by atoms with Crippen molar-refractivity contribution in [2.45, 2.75) is 76.8 Å².